The summed E-state index contributed by atoms with van der Waals surface area (Å²) in [4.78, 5) is 30.4. The molecule has 0 radical (unpaired) electrons. The number of carbonyl (C=O) groups excluding carboxylic acids is 1. The fraction of sp³-hybridized carbons (Fsp3) is 0.219. The number of methoxy groups -OCH3 is 1. The standard InChI is InChI=1S/C32H31N3O6/c1-22-28(33-31(40-22)23-8-4-3-5-9-23)11-7-18-34-19-17-27-24(10-6-12-29(27)34)20-35(21-30(36)37)32(38)41-26-15-13-25(39-2)14-16-26/h3-6,8-10,12-17,19H,7,11,18,20-21H2,1-2H3,(H,36,37). The summed E-state index contributed by atoms with van der Waals surface area (Å²) >= 11 is 0. The zero-order valence-corrected chi connectivity index (χ0v) is 22.9. The van der Waals surface area contributed by atoms with E-state index in [0.717, 1.165) is 52.9 Å². The molecule has 41 heavy (non-hydrogen) atoms. The van der Waals surface area contributed by atoms with Crippen LogP contribution in [0.2, 0.25) is 0 Å². The van der Waals surface area contributed by atoms with Gasteiger partial charge in [0.25, 0.3) is 0 Å². The summed E-state index contributed by atoms with van der Waals surface area (Å²) in [5.41, 5.74) is 3.73. The minimum atomic E-state index is -1.13. The number of amides is 1. The van der Waals surface area contributed by atoms with Gasteiger partial charge < -0.3 is 23.6 Å². The summed E-state index contributed by atoms with van der Waals surface area (Å²) in [6.07, 6.45) is 2.89. The van der Waals surface area contributed by atoms with Crippen molar-refractivity contribution < 1.29 is 28.6 Å². The lowest BCUT2D eigenvalue weighted by Gasteiger charge is -2.21. The zero-order valence-electron chi connectivity index (χ0n) is 22.9. The van der Waals surface area contributed by atoms with Crippen LogP contribution >= 0.6 is 0 Å². The number of carbonyl (C=O) groups is 2. The number of carboxylic acids is 1. The summed E-state index contributed by atoms with van der Waals surface area (Å²) in [5, 5.41) is 10.4. The fourth-order valence-electron chi connectivity index (χ4n) is 4.76. The summed E-state index contributed by atoms with van der Waals surface area (Å²) in [6, 6.07) is 24.2. The Morgan fingerprint density at radius 2 is 1.73 bits per heavy atom. The number of hydrogen-bond acceptors (Lipinski definition) is 6. The summed E-state index contributed by atoms with van der Waals surface area (Å²) < 4.78 is 18.6. The van der Waals surface area contributed by atoms with E-state index in [4.69, 9.17) is 18.9 Å². The van der Waals surface area contributed by atoms with Crippen LogP contribution in [0.5, 0.6) is 11.5 Å². The van der Waals surface area contributed by atoms with Gasteiger partial charge >= 0.3 is 12.1 Å². The lowest BCUT2D eigenvalue weighted by Crippen LogP contribution is -2.37. The number of aromatic nitrogens is 2. The normalized spacial score (nSPS) is 11.0. The number of oxazole rings is 1. The molecule has 0 aliphatic rings. The quantitative estimate of drug-likeness (QED) is 0.204. The van der Waals surface area contributed by atoms with Crippen LogP contribution in [-0.4, -0.2) is 45.3 Å². The van der Waals surface area contributed by atoms with Crippen LogP contribution in [0.4, 0.5) is 4.79 Å². The van der Waals surface area contributed by atoms with Gasteiger partial charge in [-0.05, 0) is 73.9 Å². The molecule has 2 aromatic heterocycles. The number of ether oxygens (including phenoxy) is 2. The van der Waals surface area contributed by atoms with Crippen molar-refractivity contribution >= 4 is 23.0 Å². The molecule has 0 aliphatic carbocycles. The van der Waals surface area contributed by atoms with Gasteiger partial charge in [-0.15, -0.1) is 0 Å². The Morgan fingerprint density at radius 3 is 2.46 bits per heavy atom. The number of nitrogens with zero attached hydrogens (tertiary/aromatic N) is 3. The van der Waals surface area contributed by atoms with E-state index in [0.29, 0.717) is 17.4 Å². The number of fused-ring (bicyclic) bond motifs is 1. The van der Waals surface area contributed by atoms with Gasteiger partial charge in [-0.25, -0.2) is 9.78 Å². The Labute approximate surface area is 237 Å². The van der Waals surface area contributed by atoms with Gasteiger partial charge in [0, 0.05) is 29.2 Å². The molecule has 5 rings (SSSR count). The number of rotatable bonds is 11. The third-order valence-corrected chi connectivity index (χ3v) is 6.84. The molecular formula is C32H31N3O6. The van der Waals surface area contributed by atoms with Crippen molar-refractivity contribution in [3.63, 3.8) is 0 Å². The molecule has 5 aromatic rings. The van der Waals surface area contributed by atoms with Crippen molar-refractivity contribution in [3.05, 3.63) is 102 Å². The Morgan fingerprint density at radius 1 is 0.976 bits per heavy atom. The predicted molar refractivity (Wildman–Crippen MR) is 154 cm³/mol. The summed E-state index contributed by atoms with van der Waals surface area (Å²) in [7, 11) is 1.54. The molecule has 210 valence electrons. The fourth-order valence-corrected chi connectivity index (χ4v) is 4.76. The van der Waals surface area contributed by atoms with Gasteiger partial charge in [-0.3, -0.25) is 9.69 Å². The number of aliphatic carboxylic acids is 1. The molecule has 0 spiro atoms. The Balaban J connectivity index is 1.27. The van der Waals surface area contributed by atoms with E-state index in [2.05, 4.69) is 4.57 Å². The maximum absolute atomic E-state index is 12.9. The third-order valence-electron chi connectivity index (χ3n) is 6.84. The second-order valence-electron chi connectivity index (χ2n) is 9.64. The van der Waals surface area contributed by atoms with Gasteiger partial charge in [0.05, 0.1) is 19.3 Å². The maximum Gasteiger partial charge on any atom is 0.416 e. The van der Waals surface area contributed by atoms with Crippen LogP contribution in [0.15, 0.2) is 89.5 Å². The van der Waals surface area contributed by atoms with Crippen LogP contribution < -0.4 is 9.47 Å². The van der Waals surface area contributed by atoms with Gasteiger partial charge in [0.1, 0.15) is 23.8 Å². The van der Waals surface area contributed by atoms with Crippen LogP contribution in [-0.2, 0) is 24.3 Å². The summed E-state index contributed by atoms with van der Waals surface area (Å²) in [5.74, 6) is 1.25. The van der Waals surface area contributed by atoms with E-state index < -0.39 is 18.6 Å². The van der Waals surface area contributed by atoms with Gasteiger partial charge in [-0.2, -0.15) is 0 Å². The summed E-state index contributed by atoms with van der Waals surface area (Å²) in [6.45, 7) is 2.30. The van der Waals surface area contributed by atoms with Crippen molar-refractivity contribution in [2.45, 2.75) is 32.9 Å². The highest BCUT2D eigenvalue weighted by Gasteiger charge is 2.21. The van der Waals surface area contributed by atoms with Crippen molar-refractivity contribution in [2.24, 2.45) is 0 Å². The molecule has 1 amide bonds. The highest BCUT2D eigenvalue weighted by atomic mass is 16.6. The largest absolute Gasteiger partial charge is 0.497 e. The molecular weight excluding hydrogens is 522 g/mol. The molecule has 0 fully saturated rings. The molecule has 9 nitrogen and oxygen atoms in total. The average Bonchev–Trinajstić information content (AvgIpc) is 3.57. The monoisotopic (exact) mass is 553 g/mol. The van der Waals surface area contributed by atoms with E-state index in [1.165, 1.54) is 4.90 Å². The number of carboxylic acid groups (broad SMARTS) is 1. The van der Waals surface area contributed by atoms with Gasteiger partial charge in [-0.1, -0.05) is 30.3 Å². The first-order valence-corrected chi connectivity index (χ1v) is 13.3. The molecule has 0 aliphatic heterocycles. The molecule has 2 heterocycles. The van der Waals surface area contributed by atoms with Crippen LogP contribution in [0.3, 0.4) is 0 Å². The van der Waals surface area contributed by atoms with Crippen LogP contribution in [0.1, 0.15) is 23.4 Å². The number of hydrogen-bond donors (Lipinski definition) is 1. The molecule has 3 aromatic carbocycles. The third kappa shape index (κ3) is 6.58. The minimum absolute atomic E-state index is 0.0863. The molecule has 0 unspecified atom stereocenters. The predicted octanol–water partition coefficient (Wildman–Crippen LogP) is 6.33. The first-order chi connectivity index (χ1) is 19.9. The molecule has 9 heteroatoms. The van der Waals surface area contributed by atoms with E-state index >= 15 is 0 Å². The number of aryl methyl sites for hydroxylation is 3. The van der Waals surface area contributed by atoms with Gasteiger partial charge in [0.15, 0.2) is 0 Å². The van der Waals surface area contributed by atoms with Crippen molar-refractivity contribution in [1.29, 1.82) is 0 Å². The highest BCUT2D eigenvalue weighted by Crippen LogP contribution is 2.25. The van der Waals surface area contributed by atoms with Crippen molar-refractivity contribution in [1.82, 2.24) is 14.5 Å². The molecule has 0 bridgehead atoms. The van der Waals surface area contributed by atoms with Crippen molar-refractivity contribution in [3.8, 4) is 23.0 Å². The SMILES string of the molecule is COc1ccc(OC(=O)N(CC(=O)O)Cc2cccc3c2ccn3CCCc2nc(-c3ccccc3)oc2C)cc1. The maximum atomic E-state index is 12.9. The van der Waals surface area contributed by atoms with E-state index in [-0.39, 0.29) is 6.54 Å². The Hall–Kier alpha value is -5.05. The lowest BCUT2D eigenvalue weighted by atomic mass is 10.1. The smallest absolute Gasteiger partial charge is 0.416 e. The Bertz CT molecular complexity index is 1640. The number of benzene rings is 3. The zero-order chi connectivity index (χ0) is 28.8. The molecule has 0 saturated heterocycles. The minimum Gasteiger partial charge on any atom is -0.497 e. The lowest BCUT2D eigenvalue weighted by molar-refractivity contribution is -0.138. The van der Waals surface area contributed by atoms with Gasteiger partial charge in [0.2, 0.25) is 5.89 Å². The van der Waals surface area contributed by atoms with E-state index in [9.17, 15) is 14.7 Å². The van der Waals surface area contributed by atoms with Crippen molar-refractivity contribution in [2.75, 3.05) is 13.7 Å². The first-order valence-electron chi connectivity index (χ1n) is 13.3. The molecule has 0 atom stereocenters. The topological polar surface area (TPSA) is 107 Å². The van der Waals surface area contributed by atoms with Crippen LogP contribution in [0, 0.1) is 6.92 Å². The average molecular weight is 554 g/mol. The Kier molecular flexibility index (Phi) is 8.34. The second kappa shape index (κ2) is 12.4. The van der Waals surface area contributed by atoms with Crippen LogP contribution in [0.25, 0.3) is 22.4 Å². The first kappa shape index (κ1) is 27.5. The molecule has 1 N–H and O–H groups in total. The molecule has 0 saturated carbocycles. The van der Waals surface area contributed by atoms with E-state index in [1.807, 2.05) is 67.7 Å². The van der Waals surface area contributed by atoms with E-state index in [1.54, 1.807) is 31.4 Å². The highest BCUT2D eigenvalue weighted by molar-refractivity contribution is 5.85. The second-order valence-corrected chi connectivity index (χ2v) is 9.64.